The molecule has 0 aliphatic carbocycles. The zero-order valence-electron chi connectivity index (χ0n) is 12.8. The van der Waals surface area contributed by atoms with E-state index in [1.165, 1.54) is 17.2 Å². The van der Waals surface area contributed by atoms with E-state index in [1.54, 1.807) is 6.08 Å². The molecule has 2 aromatic rings. The second-order valence-corrected chi connectivity index (χ2v) is 6.77. The number of hydrogen-bond acceptors (Lipinski definition) is 8. The van der Waals surface area contributed by atoms with Gasteiger partial charge in [0.15, 0.2) is 29.7 Å². The number of alkyl halides is 1. The summed E-state index contributed by atoms with van der Waals surface area (Å²) in [5, 5.41) is 9.37. The minimum atomic E-state index is -2.36. The highest BCUT2D eigenvalue weighted by Crippen LogP contribution is 2.41. The zero-order chi connectivity index (χ0) is 18.0. The highest BCUT2D eigenvalue weighted by molar-refractivity contribution is 8.39. The maximum Gasteiger partial charge on any atom is 0.582 e. The van der Waals surface area contributed by atoms with E-state index in [-0.39, 0.29) is 18.1 Å². The predicted octanol–water partition coefficient (Wildman–Crippen LogP) is 1.59. The fraction of sp³-hybridized carbons (Fsp3) is 0.462. The van der Waals surface area contributed by atoms with Crippen molar-refractivity contribution < 1.29 is 28.1 Å². The van der Waals surface area contributed by atoms with Crippen molar-refractivity contribution in [3.63, 3.8) is 0 Å². The second kappa shape index (κ2) is 7.71. The van der Waals surface area contributed by atoms with E-state index >= 15 is 0 Å². The van der Waals surface area contributed by atoms with Crippen LogP contribution in [0.1, 0.15) is 6.23 Å². The van der Waals surface area contributed by atoms with Gasteiger partial charge in [-0.05, 0) is 4.57 Å². The topological polar surface area (TPSA) is 109 Å². The van der Waals surface area contributed by atoms with Gasteiger partial charge in [-0.15, -0.1) is 4.52 Å². The lowest BCUT2D eigenvalue weighted by atomic mass is 10.1. The molecule has 1 aliphatic rings. The van der Waals surface area contributed by atoms with Gasteiger partial charge in [0.05, 0.1) is 12.9 Å². The Morgan fingerprint density at radius 3 is 3.00 bits per heavy atom. The van der Waals surface area contributed by atoms with Crippen LogP contribution >= 0.6 is 19.5 Å². The van der Waals surface area contributed by atoms with Crippen LogP contribution in [0.2, 0.25) is 0 Å². The summed E-state index contributed by atoms with van der Waals surface area (Å²) < 4.78 is 43.2. The number of nitrogens with zero attached hydrogens (tertiary/aromatic N) is 4. The lowest BCUT2D eigenvalue weighted by Gasteiger charge is -2.14. The number of hydrogen-bond donors (Lipinski definition) is 2. The Bertz CT molecular complexity index is 793. The fourth-order valence-electron chi connectivity index (χ4n) is 2.56. The van der Waals surface area contributed by atoms with Crippen molar-refractivity contribution in [2.24, 2.45) is 0 Å². The van der Waals surface area contributed by atoms with Crippen LogP contribution in [0.4, 0.5) is 4.39 Å². The lowest BCUT2D eigenvalue weighted by Crippen LogP contribution is -2.31. The summed E-state index contributed by atoms with van der Waals surface area (Å²) in [5.74, 6) is 0.224. The van der Waals surface area contributed by atoms with Gasteiger partial charge in [-0.1, -0.05) is 12.7 Å². The molecule has 1 fully saturated rings. The first-order chi connectivity index (χ1) is 12.1. The Kier molecular flexibility index (Phi) is 5.60. The average Bonchev–Trinajstić information content (AvgIpc) is 3.15. The summed E-state index contributed by atoms with van der Waals surface area (Å²) in [6, 6.07) is 0. The normalized spacial score (nSPS) is 26.8. The van der Waals surface area contributed by atoms with Gasteiger partial charge in [0.2, 0.25) is 5.88 Å². The summed E-state index contributed by atoms with van der Waals surface area (Å²) in [6.45, 7) is 3.27. The Balaban J connectivity index is 1.94. The predicted molar refractivity (Wildman–Crippen MR) is 88.4 cm³/mol. The molecule has 3 rings (SSSR count). The first-order valence-electron chi connectivity index (χ1n) is 7.21. The Labute approximate surface area is 147 Å². The number of halogens is 1. The lowest BCUT2D eigenvalue weighted by molar-refractivity contribution is -0.0427. The molecule has 2 aromatic heterocycles. The Morgan fingerprint density at radius 1 is 1.52 bits per heavy atom. The zero-order valence-corrected chi connectivity index (χ0v) is 14.6. The number of aliphatic hydroxyl groups is 1. The van der Waals surface area contributed by atoms with E-state index in [9.17, 15) is 14.1 Å². The van der Waals surface area contributed by atoms with Crippen molar-refractivity contribution in [2.75, 3.05) is 13.2 Å². The molecule has 1 aliphatic heterocycles. The van der Waals surface area contributed by atoms with Gasteiger partial charge in [-0.3, -0.25) is 4.57 Å². The SMILES string of the molecule is C=CCOc1ncnc2c1ncn2C1OC(CO)[C@@H](O[P+](=O)S)[C@H]1F. The third-order valence-corrected chi connectivity index (χ3v) is 4.30. The summed E-state index contributed by atoms with van der Waals surface area (Å²) in [5.41, 5.74) is 0.611. The maximum absolute atomic E-state index is 14.8. The molecule has 9 nitrogen and oxygen atoms in total. The van der Waals surface area contributed by atoms with Crippen molar-refractivity contribution in [1.29, 1.82) is 0 Å². The molecule has 0 radical (unpaired) electrons. The number of ether oxygens (including phenoxy) is 2. The molecule has 1 N–H and O–H groups in total. The average molecular weight is 389 g/mol. The number of imidazole rings is 1. The van der Waals surface area contributed by atoms with Gasteiger partial charge < -0.3 is 14.6 Å². The largest absolute Gasteiger partial charge is 0.582 e. The van der Waals surface area contributed by atoms with E-state index in [1.807, 2.05) is 0 Å². The van der Waals surface area contributed by atoms with Crippen molar-refractivity contribution in [3.05, 3.63) is 25.3 Å². The first-order valence-corrected chi connectivity index (χ1v) is 9.54. The molecule has 3 heterocycles. The quantitative estimate of drug-likeness (QED) is 0.418. The summed E-state index contributed by atoms with van der Waals surface area (Å²) in [6.07, 6.45) is -0.979. The van der Waals surface area contributed by atoms with Gasteiger partial charge in [-0.2, -0.15) is 4.98 Å². The van der Waals surface area contributed by atoms with Gasteiger partial charge >= 0.3 is 7.23 Å². The molecule has 0 bridgehead atoms. The molecule has 3 unspecified atom stereocenters. The molecule has 25 heavy (non-hydrogen) atoms. The summed E-state index contributed by atoms with van der Waals surface area (Å²) >= 11 is 3.62. The highest BCUT2D eigenvalue weighted by atomic mass is 32.7. The van der Waals surface area contributed by atoms with Crippen LogP contribution in [0.3, 0.4) is 0 Å². The third kappa shape index (κ3) is 3.51. The van der Waals surface area contributed by atoms with Crippen molar-refractivity contribution in [1.82, 2.24) is 19.5 Å². The standard InChI is InChI=1S/C13H14FN4O5PS/c1-2-3-21-12-9-11(15-5-16-12)18(6-17-9)13-8(14)10(23-24(20)25)7(4-19)22-13/h2,5-8,10,13,19H,1,3-4H2/p+1/t7?,8-,10-,13?/m1/s1. The second-order valence-electron chi connectivity index (χ2n) is 5.10. The fourth-order valence-corrected chi connectivity index (χ4v) is 3.34. The van der Waals surface area contributed by atoms with Crippen LogP contribution in [-0.2, 0) is 13.8 Å². The smallest absolute Gasteiger partial charge is 0.472 e. The minimum Gasteiger partial charge on any atom is -0.472 e. The van der Waals surface area contributed by atoms with Gasteiger partial charge in [0.1, 0.15) is 31.3 Å². The van der Waals surface area contributed by atoms with E-state index in [0.29, 0.717) is 5.52 Å². The Hall–Kier alpha value is -1.65. The molecule has 12 heteroatoms. The molecular formula is C13H15FN4O5PS+. The van der Waals surface area contributed by atoms with Gasteiger partial charge in [0, 0.05) is 0 Å². The minimum absolute atomic E-state index is 0.224. The van der Waals surface area contributed by atoms with Crippen LogP contribution in [0, 0.1) is 0 Å². The Morgan fingerprint density at radius 2 is 2.32 bits per heavy atom. The molecule has 0 spiro atoms. The maximum atomic E-state index is 14.8. The van der Waals surface area contributed by atoms with Crippen molar-refractivity contribution >= 4 is 30.6 Å². The number of aliphatic hydroxyl groups excluding tert-OH is 1. The number of aromatic nitrogens is 4. The number of fused-ring (bicyclic) bond motifs is 1. The van der Waals surface area contributed by atoms with Crippen LogP contribution in [0.25, 0.3) is 11.2 Å². The van der Waals surface area contributed by atoms with Crippen molar-refractivity contribution in [3.8, 4) is 5.88 Å². The molecule has 1 saturated heterocycles. The first kappa shape index (κ1) is 18.2. The van der Waals surface area contributed by atoms with E-state index in [4.69, 9.17) is 14.0 Å². The van der Waals surface area contributed by atoms with Crippen LogP contribution in [-0.4, -0.2) is 56.2 Å². The third-order valence-electron chi connectivity index (χ3n) is 3.60. The number of rotatable bonds is 7. The molecule has 134 valence electrons. The molecule has 0 amide bonds. The monoisotopic (exact) mass is 389 g/mol. The van der Waals surface area contributed by atoms with Gasteiger partial charge in [-0.25, -0.2) is 14.4 Å². The summed E-state index contributed by atoms with van der Waals surface area (Å²) in [7, 11) is -2.36. The molecule has 0 saturated carbocycles. The van der Waals surface area contributed by atoms with Gasteiger partial charge in [0.25, 0.3) is 0 Å². The van der Waals surface area contributed by atoms with E-state index in [0.717, 1.165) is 0 Å². The molecule has 5 atom stereocenters. The molecule has 0 aromatic carbocycles. The number of thiol groups is 1. The summed E-state index contributed by atoms with van der Waals surface area (Å²) in [4.78, 5) is 12.2. The van der Waals surface area contributed by atoms with Crippen LogP contribution in [0.15, 0.2) is 25.3 Å². The van der Waals surface area contributed by atoms with Crippen LogP contribution < -0.4 is 4.74 Å². The van der Waals surface area contributed by atoms with Crippen molar-refractivity contribution in [2.45, 2.75) is 24.6 Å². The van der Waals surface area contributed by atoms with Crippen LogP contribution in [0.5, 0.6) is 5.88 Å². The van der Waals surface area contributed by atoms with E-state index < -0.39 is 38.4 Å². The molecular weight excluding hydrogens is 374 g/mol. The van der Waals surface area contributed by atoms with E-state index in [2.05, 4.69) is 33.8 Å². The highest BCUT2D eigenvalue weighted by Gasteiger charge is 2.51.